The lowest BCUT2D eigenvalue weighted by Gasteiger charge is -2.07. The second-order valence-electron chi connectivity index (χ2n) is 5.98. The fraction of sp³-hybridized carbons (Fsp3) is 0.0500. The normalized spacial score (nSPS) is 10.4. The molecule has 0 unspecified atom stereocenters. The predicted molar refractivity (Wildman–Crippen MR) is 105 cm³/mol. The van der Waals surface area contributed by atoms with Gasteiger partial charge < -0.3 is 10.6 Å². The number of nitrogens with zero attached hydrogens (tertiary/aromatic N) is 5. The monoisotopic (exact) mass is 371 g/mol. The van der Waals surface area contributed by atoms with E-state index >= 15 is 0 Å². The molecule has 2 aromatic heterocycles. The van der Waals surface area contributed by atoms with Crippen LogP contribution in [0.25, 0.3) is 5.69 Å². The SMILES string of the molecule is O=C(Nc1ccccc1)c1ccc(NCc2ccc(-n3cncn3)cc2)nn1. The van der Waals surface area contributed by atoms with Gasteiger partial charge in [0.1, 0.15) is 18.5 Å². The van der Waals surface area contributed by atoms with E-state index in [1.807, 2.05) is 54.6 Å². The summed E-state index contributed by atoms with van der Waals surface area (Å²) in [5.74, 6) is 0.297. The summed E-state index contributed by atoms with van der Waals surface area (Å²) in [4.78, 5) is 16.1. The third-order valence-corrected chi connectivity index (χ3v) is 4.02. The van der Waals surface area contributed by atoms with Gasteiger partial charge in [-0.3, -0.25) is 4.79 Å². The van der Waals surface area contributed by atoms with Gasteiger partial charge in [-0.25, -0.2) is 9.67 Å². The summed E-state index contributed by atoms with van der Waals surface area (Å²) in [6.07, 6.45) is 3.15. The van der Waals surface area contributed by atoms with Crippen LogP contribution in [0.15, 0.2) is 79.4 Å². The Hall–Kier alpha value is -4.07. The minimum atomic E-state index is -0.297. The van der Waals surface area contributed by atoms with Crippen LogP contribution in [-0.4, -0.2) is 30.9 Å². The largest absolute Gasteiger partial charge is 0.365 e. The zero-order valence-corrected chi connectivity index (χ0v) is 14.9. The van der Waals surface area contributed by atoms with Crippen molar-refractivity contribution in [1.29, 1.82) is 0 Å². The fourth-order valence-corrected chi connectivity index (χ4v) is 2.56. The first-order valence-corrected chi connectivity index (χ1v) is 8.66. The molecule has 0 saturated carbocycles. The van der Waals surface area contributed by atoms with Gasteiger partial charge >= 0.3 is 0 Å². The van der Waals surface area contributed by atoms with Crippen LogP contribution < -0.4 is 10.6 Å². The highest BCUT2D eigenvalue weighted by Crippen LogP contribution is 2.11. The molecular formula is C20H17N7O. The van der Waals surface area contributed by atoms with E-state index in [2.05, 4.69) is 30.9 Å². The van der Waals surface area contributed by atoms with Gasteiger partial charge in [-0.1, -0.05) is 30.3 Å². The van der Waals surface area contributed by atoms with E-state index in [1.54, 1.807) is 23.1 Å². The first kappa shape index (κ1) is 17.3. The zero-order valence-electron chi connectivity index (χ0n) is 14.9. The summed E-state index contributed by atoms with van der Waals surface area (Å²) in [6, 6.07) is 20.5. The number of aromatic nitrogens is 5. The van der Waals surface area contributed by atoms with E-state index in [-0.39, 0.29) is 11.6 Å². The Morgan fingerprint density at radius 2 is 1.75 bits per heavy atom. The average Bonchev–Trinajstić information content (AvgIpc) is 3.29. The maximum atomic E-state index is 12.2. The van der Waals surface area contributed by atoms with Crippen LogP contribution in [0, 0.1) is 0 Å². The molecular weight excluding hydrogens is 354 g/mol. The number of carbonyl (C=O) groups excluding carboxylic acids is 1. The highest BCUT2D eigenvalue weighted by atomic mass is 16.1. The van der Waals surface area contributed by atoms with Crippen LogP contribution in [0.4, 0.5) is 11.5 Å². The molecule has 0 aliphatic rings. The van der Waals surface area contributed by atoms with Crippen molar-refractivity contribution in [2.24, 2.45) is 0 Å². The molecule has 0 fully saturated rings. The average molecular weight is 371 g/mol. The fourth-order valence-electron chi connectivity index (χ4n) is 2.56. The molecule has 0 aliphatic carbocycles. The Bertz CT molecular complexity index is 1030. The van der Waals surface area contributed by atoms with Gasteiger partial charge in [-0.15, -0.1) is 10.2 Å². The van der Waals surface area contributed by atoms with Crippen molar-refractivity contribution < 1.29 is 4.79 Å². The van der Waals surface area contributed by atoms with Crippen molar-refractivity contribution in [3.05, 3.63) is 90.6 Å². The van der Waals surface area contributed by atoms with Crippen LogP contribution >= 0.6 is 0 Å². The van der Waals surface area contributed by atoms with Gasteiger partial charge in [-0.05, 0) is 42.0 Å². The smallest absolute Gasteiger partial charge is 0.276 e. The number of anilines is 2. The van der Waals surface area contributed by atoms with E-state index in [1.165, 1.54) is 6.33 Å². The van der Waals surface area contributed by atoms with Crippen molar-refractivity contribution in [3.63, 3.8) is 0 Å². The second-order valence-corrected chi connectivity index (χ2v) is 5.98. The summed E-state index contributed by atoms with van der Waals surface area (Å²) in [7, 11) is 0. The minimum Gasteiger partial charge on any atom is -0.365 e. The molecule has 2 heterocycles. The Labute approximate surface area is 161 Å². The van der Waals surface area contributed by atoms with Gasteiger partial charge in [0.05, 0.1) is 5.69 Å². The lowest BCUT2D eigenvalue weighted by atomic mass is 10.2. The van der Waals surface area contributed by atoms with E-state index in [0.717, 1.165) is 11.3 Å². The second kappa shape index (κ2) is 8.09. The van der Waals surface area contributed by atoms with Crippen LogP contribution in [0.3, 0.4) is 0 Å². The third kappa shape index (κ3) is 4.18. The number of amides is 1. The quantitative estimate of drug-likeness (QED) is 0.541. The number of hydrogen-bond donors (Lipinski definition) is 2. The molecule has 4 rings (SSSR count). The molecule has 4 aromatic rings. The molecule has 1 amide bonds. The van der Waals surface area contributed by atoms with Crippen LogP contribution in [0.1, 0.15) is 16.1 Å². The Kier molecular flexibility index (Phi) is 5.01. The molecule has 0 radical (unpaired) electrons. The summed E-state index contributed by atoms with van der Waals surface area (Å²) >= 11 is 0. The summed E-state index contributed by atoms with van der Waals surface area (Å²) in [6.45, 7) is 0.585. The molecule has 0 atom stereocenters. The van der Waals surface area contributed by atoms with Gasteiger partial charge in [0.15, 0.2) is 5.69 Å². The molecule has 2 aromatic carbocycles. The molecule has 28 heavy (non-hydrogen) atoms. The molecule has 2 N–H and O–H groups in total. The lowest BCUT2D eigenvalue weighted by molar-refractivity contribution is 0.102. The van der Waals surface area contributed by atoms with E-state index in [9.17, 15) is 4.79 Å². The highest BCUT2D eigenvalue weighted by molar-refractivity contribution is 6.02. The first-order valence-electron chi connectivity index (χ1n) is 8.66. The molecule has 0 bridgehead atoms. The van der Waals surface area contributed by atoms with Crippen molar-refractivity contribution in [1.82, 2.24) is 25.0 Å². The molecule has 0 spiro atoms. The Morgan fingerprint density at radius 1 is 0.929 bits per heavy atom. The van der Waals surface area contributed by atoms with Crippen LogP contribution in [0.5, 0.6) is 0 Å². The summed E-state index contributed by atoms with van der Waals surface area (Å²) in [5.41, 5.74) is 2.99. The van der Waals surface area contributed by atoms with Crippen molar-refractivity contribution >= 4 is 17.4 Å². The van der Waals surface area contributed by atoms with Crippen molar-refractivity contribution in [2.45, 2.75) is 6.54 Å². The van der Waals surface area contributed by atoms with E-state index in [4.69, 9.17) is 0 Å². The van der Waals surface area contributed by atoms with Gasteiger partial charge in [0.25, 0.3) is 5.91 Å². The first-order chi connectivity index (χ1) is 13.8. The summed E-state index contributed by atoms with van der Waals surface area (Å²) < 4.78 is 1.70. The van der Waals surface area contributed by atoms with E-state index < -0.39 is 0 Å². The van der Waals surface area contributed by atoms with Gasteiger partial charge in [0.2, 0.25) is 0 Å². The summed E-state index contributed by atoms with van der Waals surface area (Å²) in [5, 5.41) is 18.1. The van der Waals surface area contributed by atoms with Crippen molar-refractivity contribution in [3.8, 4) is 5.69 Å². The predicted octanol–water partition coefficient (Wildman–Crippen LogP) is 2.92. The Balaban J connectivity index is 1.34. The molecule has 0 saturated heterocycles. The van der Waals surface area contributed by atoms with Gasteiger partial charge in [0, 0.05) is 12.2 Å². The van der Waals surface area contributed by atoms with Gasteiger partial charge in [-0.2, -0.15) is 5.10 Å². The number of nitrogens with one attached hydrogen (secondary N) is 2. The molecule has 8 nitrogen and oxygen atoms in total. The standard InChI is InChI=1S/C20H17N7O/c28-20(24-16-4-2-1-3-5-16)18-10-11-19(26-25-18)22-12-15-6-8-17(9-7-15)27-14-21-13-23-27/h1-11,13-14H,12H2,(H,22,26)(H,24,28). The maximum absolute atomic E-state index is 12.2. The highest BCUT2D eigenvalue weighted by Gasteiger charge is 2.08. The number of hydrogen-bond acceptors (Lipinski definition) is 6. The third-order valence-electron chi connectivity index (χ3n) is 4.02. The number of benzene rings is 2. The van der Waals surface area contributed by atoms with Crippen LogP contribution in [0.2, 0.25) is 0 Å². The molecule has 8 heteroatoms. The molecule has 0 aliphatic heterocycles. The van der Waals surface area contributed by atoms with E-state index in [0.29, 0.717) is 18.1 Å². The Morgan fingerprint density at radius 3 is 2.43 bits per heavy atom. The number of para-hydroxylation sites is 1. The zero-order chi connectivity index (χ0) is 19.2. The maximum Gasteiger partial charge on any atom is 0.276 e. The molecule has 138 valence electrons. The van der Waals surface area contributed by atoms with Crippen LogP contribution in [-0.2, 0) is 6.54 Å². The topological polar surface area (TPSA) is 97.6 Å². The lowest BCUT2D eigenvalue weighted by Crippen LogP contribution is -2.14. The van der Waals surface area contributed by atoms with Crippen molar-refractivity contribution in [2.75, 3.05) is 10.6 Å². The number of rotatable bonds is 6. The number of carbonyl (C=O) groups is 1. The minimum absolute atomic E-state index is 0.256.